The molecular formula is C16H23ClFN3O. The van der Waals surface area contributed by atoms with Gasteiger partial charge in [-0.05, 0) is 31.0 Å². The van der Waals surface area contributed by atoms with E-state index in [1.54, 1.807) is 17.0 Å². The lowest BCUT2D eigenvalue weighted by molar-refractivity contribution is 0.0769. The Hall–Kier alpha value is -1.17. The monoisotopic (exact) mass is 327 g/mol. The number of benzene rings is 1. The first-order valence-electron chi connectivity index (χ1n) is 7.65. The number of likely N-dealkylation sites (tertiary alicyclic amines) is 1. The summed E-state index contributed by atoms with van der Waals surface area (Å²) < 4.78 is 13.9. The van der Waals surface area contributed by atoms with Gasteiger partial charge in [0.1, 0.15) is 5.82 Å². The van der Waals surface area contributed by atoms with E-state index in [4.69, 9.17) is 0 Å². The number of amides is 1. The van der Waals surface area contributed by atoms with Gasteiger partial charge >= 0.3 is 0 Å². The molecule has 122 valence electrons. The SMILES string of the molecule is Cc1ccc(C(=O)N2CCC(N3CCNCC3)C2)c(F)c1.Cl. The predicted octanol–water partition coefficient (Wildman–Crippen LogP) is 1.68. The zero-order valence-corrected chi connectivity index (χ0v) is 13.7. The molecule has 1 N–H and O–H groups in total. The lowest BCUT2D eigenvalue weighted by atomic mass is 10.1. The summed E-state index contributed by atoms with van der Waals surface area (Å²) in [6, 6.07) is 5.24. The van der Waals surface area contributed by atoms with Gasteiger partial charge in [-0.25, -0.2) is 4.39 Å². The van der Waals surface area contributed by atoms with Crippen LogP contribution in [0.4, 0.5) is 4.39 Å². The minimum Gasteiger partial charge on any atom is -0.337 e. The number of piperazine rings is 1. The van der Waals surface area contributed by atoms with Gasteiger partial charge in [0, 0.05) is 45.3 Å². The molecule has 1 unspecified atom stereocenters. The van der Waals surface area contributed by atoms with Crippen LogP contribution in [0.25, 0.3) is 0 Å². The fourth-order valence-corrected chi connectivity index (χ4v) is 3.24. The fraction of sp³-hybridized carbons (Fsp3) is 0.562. The van der Waals surface area contributed by atoms with Gasteiger partial charge in [-0.15, -0.1) is 12.4 Å². The molecule has 0 saturated carbocycles. The zero-order chi connectivity index (χ0) is 14.8. The van der Waals surface area contributed by atoms with Crippen molar-refractivity contribution in [3.8, 4) is 0 Å². The van der Waals surface area contributed by atoms with Crippen molar-refractivity contribution in [2.75, 3.05) is 39.3 Å². The lowest BCUT2D eigenvalue weighted by Crippen LogP contribution is -2.49. The molecule has 1 amide bonds. The first-order chi connectivity index (χ1) is 10.1. The summed E-state index contributed by atoms with van der Waals surface area (Å²) in [6.07, 6.45) is 0.985. The van der Waals surface area contributed by atoms with Crippen molar-refractivity contribution in [2.45, 2.75) is 19.4 Å². The van der Waals surface area contributed by atoms with Crippen molar-refractivity contribution < 1.29 is 9.18 Å². The number of rotatable bonds is 2. The second-order valence-electron chi connectivity index (χ2n) is 5.96. The van der Waals surface area contributed by atoms with Gasteiger partial charge in [-0.2, -0.15) is 0 Å². The number of hydrogen-bond acceptors (Lipinski definition) is 3. The van der Waals surface area contributed by atoms with Gasteiger partial charge in [0.15, 0.2) is 0 Å². The van der Waals surface area contributed by atoms with Crippen LogP contribution in [0, 0.1) is 12.7 Å². The number of nitrogens with one attached hydrogen (secondary N) is 1. The molecule has 2 heterocycles. The van der Waals surface area contributed by atoms with Crippen molar-refractivity contribution in [1.29, 1.82) is 0 Å². The quantitative estimate of drug-likeness (QED) is 0.897. The van der Waals surface area contributed by atoms with E-state index in [0.29, 0.717) is 12.6 Å². The molecule has 1 aromatic carbocycles. The zero-order valence-electron chi connectivity index (χ0n) is 12.8. The van der Waals surface area contributed by atoms with Crippen LogP contribution in [-0.2, 0) is 0 Å². The third-order valence-electron chi connectivity index (χ3n) is 4.47. The number of nitrogens with zero attached hydrogens (tertiary/aromatic N) is 2. The summed E-state index contributed by atoms with van der Waals surface area (Å²) in [5.74, 6) is -0.587. The summed E-state index contributed by atoms with van der Waals surface area (Å²) >= 11 is 0. The molecule has 2 aliphatic heterocycles. The van der Waals surface area contributed by atoms with E-state index >= 15 is 0 Å². The molecule has 22 heavy (non-hydrogen) atoms. The Kier molecular flexibility index (Phi) is 5.78. The van der Waals surface area contributed by atoms with E-state index in [1.807, 2.05) is 6.92 Å². The number of hydrogen-bond donors (Lipinski definition) is 1. The topological polar surface area (TPSA) is 35.6 Å². The molecule has 0 spiro atoms. The van der Waals surface area contributed by atoms with Gasteiger partial charge in [0.25, 0.3) is 5.91 Å². The Morgan fingerprint density at radius 3 is 2.68 bits per heavy atom. The van der Waals surface area contributed by atoms with Crippen molar-refractivity contribution in [2.24, 2.45) is 0 Å². The maximum Gasteiger partial charge on any atom is 0.256 e. The van der Waals surface area contributed by atoms with Crippen LogP contribution in [0.3, 0.4) is 0 Å². The molecule has 1 aromatic rings. The molecule has 2 aliphatic rings. The fourth-order valence-electron chi connectivity index (χ4n) is 3.24. The van der Waals surface area contributed by atoms with Gasteiger partial charge in [0.2, 0.25) is 0 Å². The predicted molar refractivity (Wildman–Crippen MR) is 87.1 cm³/mol. The summed E-state index contributed by atoms with van der Waals surface area (Å²) in [5, 5.41) is 3.34. The summed E-state index contributed by atoms with van der Waals surface area (Å²) in [5.41, 5.74) is 1.03. The van der Waals surface area contributed by atoms with Gasteiger partial charge in [0.05, 0.1) is 5.56 Å². The first kappa shape index (κ1) is 17.2. The summed E-state index contributed by atoms with van der Waals surface area (Å²) in [7, 11) is 0. The van der Waals surface area contributed by atoms with Crippen LogP contribution in [0.2, 0.25) is 0 Å². The average Bonchev–Trinajstić information content (AvgIpc) is 2.97. The largest absolute Gasteiger partial charge is 0.337 e. The Labute approximate surface area is 137 Å². The third kappa shape index (κ3) is 3.59. The normalized spacial score (nSPS) is 22.5. The van der Waals surface area contributed by atoms with Crippen molar-refractivity contribution in [3.05, 3.63) is 35.1 Å². The minimum atomic E-state index is -0.411. The maximum absolute atomic E-state index is 13.9. The molecule has 1 atom stereocenters. The number of carbonyl (C=O) groups excluding carboxylic acids is 1. The molecule has 0 aromatic heterocycles. The minimum absolute atomic E-state index is 0. The summed E-state index contributed by atoms with van der Waals surface area (Å²) in [6.45, 7) is 7.35. The van der Waals surface area contributed by atoms with Crippen molar-refractivity contribution >= 4 is 18.3 Å². The first-order valence-corrected chi connectivity index (χ1v) is 7.65. The molecular weight excluding hydrogens is 305 g/mol. The maximum atomic E-state index is 13.9. The van der Waals surface area contributed by atoms with Crippen LogP contribution in [0.15, 0.2) is 18.2 Å². The Balaban J connectivity index is 0.00000176. The molecule has 0 bridgehead atoms. The van der Waals surface area contributed by atoms with Crippen molar-refractivity contribution in [1.82, 2.24) is 15.1 Å². The summed E-state index contributed by atoms with van der Waals surface area (Å²) in [4.78, 5) is 16.7. The second-order valence-corrected chi connectivity index (χ2v) is 5.96. The smallest absolute Gasteiger partial charge is 0.256 e. The highest BCUT2D eigenvalue weighted by Crippen LogP contribution is 2.20. The standard InChI is InChI=1S/C16H22FN3O.ClH/c1-12-2-3-14(15(17)10-12)16(21)20-7-4-13(11-20)19-8-5-18-6-9-19;/h2-3,10,13,18H,4-9,11H2,1H3;1H. The van der Waals surface area contributed by atoms with Crippen molar-refractivity contribution in [3.63, 3.8) is 0 Å². The molecule has 2 saturated heterocycles. The van der Waals surface area contributed by atoms with Crippen LogP contribution in [-0.4, -0.2) is 61.0 Å². The highest BCUT2D eigenvalue weighted by molar-refractivity contribution is 5.94. The number of aryl methyl sites for hydroxylation is 1. The molecule has 3 rings (SSSR count). The van der Waals surface area contributed by atoms with Gasteiger partial charge in [-0.3, -0.25) is 9.69 Å². The van der Waals surface area contributed by atoms with E-state index in [2.05, 4.69) is 10.2 Å². The van der Waals surface area contributed by atoms with Crippen LogP contribution < -0.4 is 5.32 Å². The van der Waals surface area contributed by atoms with Crippen LogP contribution in [0.1, 0.15) is 22.3 Å². The Morgan fingerprint density at radius 2 is 2.00 bits per heavy atom. The Morgan fingerprint density at radius 1 is 1.27 bits per heavy atom. The third-order valence-corrected chi connectivity index (χ3v) is 4.47. The Bertz CT molecular complexity index is 534. The molecule has 0 radical (unpaired) electrons. The van der Waals surface area contributed by atoms with Gasteiger partial charge < -0.3 is 10.2 Å². The van der Waals surface area contributed by atoms with E-state index in [1.165, 1.54) is 6.07 Å². The molecule has 2 fully saturated rings. The lowest BCUT2D eigenvalue weighted by Gasteiger charge is -2.32. The molecule has 4 nitrogen and oxygen atoms in total. The second kappa shape index (κ2) is 7.40. The van der Waals surface area contributed by atoms with Crippen LogP contribution >= 0.6 is 12.4 Å². The average molecular weight is 328 g/mol. The van der Waals surface area contributed by atoms with Crippen LogP contribution in [0.5, 0.6) is 0 Å². The van der Waals surface area contributed by atoms with E-state index in [-0.39, 0.29) is 23.9 Å². The van der Waals surface area contributed by atoms with Gasteiger partial charge in [-0.1, -0.05) is 6.07 Å². The number of carbonyl (C=O) groups is 1. The van der Waals surface area contributed by atoms with E-state index < -0.39 is 5.82 Å². The highest BCUT2D eigenvalue weighted by Gasteiger charge is 2.32. The van der Waals surface area contributed by atoms with E-state index in [9.17, 15) is 9.18 Å². The number of halogens is 2. The van der Waals surface area contributed by atoms with E-state index in [0.717, 1.165) is 44.7 Å². The highest BCUT2D eigenvalue weighted by atomic mass is 35.5. The molecule has 6 heteroatoms. The molecule has 0 aliphatic carbocycles.